The largest absolute Gasteiger partial charge is 0.487 e. The summed E-state index contributed by atoms with van der Waals surface area (Å²) in [7, 11) is -3.97. The Morgan fingerprint density at radius 3 is 2.44 bits per heavy atom. The summed E-state index contributed by atoms with van der Waals surface area (Å²) in [4.78, 5) is 15.3. The first-order chi connectivity index (χ1) is 16.0. The molecule has 34 heavy (non-hydrogen) atoms. The van der Waals surface area contributed by atoms with Gasteiger partial charge in [-0.25, -0.2) is 9.78 Å². The Balaban J connectivity index is 2.04. The van der Waals surface area contributed by atoms with E-state index in [0.717, 1.165) is 11.1 Å². The first-order valence-corrected chi connectivity index (χ1v) is 12.5. The monoisotopic (exact) mass is 502 g/mol. The van der Waals surface area contributed by atoms with Gasteiger partial charge in [0.25, 0.3) is 10.0 Å². The van der Waals surface area contributed by atoms with Gasteiger partial charge in [0.05, 0.1) is 11.3 Å². The van der Waals surface area contributed by atoms with Crippen molar-refractivity contribution in [1.29, 1.82) is 0 Å². The van der Waals surface area contributed by atoms with E-state index in [1.807, 2.05) is 13.8 Å². The predicted molar refractivity (Wildman–Crippen MR) is 132 cm³/mol. The number of hydrogen-bond donors (Lipinski definition) is 1. The molecule has 7 nitrogen and oxygen atoms in total. The third-order valence-electron chi connectivity index (χ3n) is 5.20. The average molecular weight is 503 g/mol. The number of aromatic nitrogens is 1. The highest BCUT2D eigenvalue weighted by molar-refractivity contribution is 7.92. The summed E-state index contributed by atoms with van der Waals surface area (Å²) in [6.45, 7) is 7.77. The number of carboxylic acids is 1. The number of carbonyl (C=O) groups is 1. The Kier molecular flexibility index (Phi) is 7.84. The molecule has 0 atom stereocenters. The third kappa shape index (κ3) is 5.69. The molecule has 180 valence electrons. The number of nitrogens with zero attached hydrogens (tertiary/aromatic N) is 2. The lowest BCUT2D eigenvalue weighted by Gasteiger charge is -2.28. The second-order valence-corrected chi connectivity index (χ2v) is 10.6. The summed E-state index contributed by atoms with van der Waals surface area (Å²) in [5.74, 6) is -0.683. The number of anilines is 1. The summed E-state index contributed by atoms with van der Waals surface area (Å²) in [6.07, 6.45) is 1.44. The molecule has 0 radical (unpaired) electrons. The van der Waals surface area contributed by atoms with Crippen LogP contribution in [0.5, 0.6) is 5.75 Å². The second-order valence-electron chi connectivity index (χ2n) is 8.40. The minimum Gasteiger partial charge on any atom is -0.487 e. The van der Waals surface area contributed by atoms with Crippen LogP contribution in [0.15, 0.2) is 59.8 Å². The summed E-state index contributed by atoms with van der Waals surface area (Å²) >= 11 is 6.37. The molecule has 0 bridgehead atoms. The molecule has 0 aliphatic rings. The molecular weight excluding hydrogens is 476 g/mol. The Morgan fingerprint density at radius 2 is 1.85 bits per heavy atom. The summed E-state index contributed by atoms with van der Waals surface area (Å²) in [5.41, 5.74) is 2.78. The molecule has 0 saturated heterocycles. The molecule has 0 saturated carbocycles. The number of ether oxygens (including phenoxy) is 1. The fourth-order valence-electron chi connectivity index (χ4n) is 3.38. The van der Waals surface area contributed by atoms with Gasteiger partial charge in [0.15, 0.2) is 5.03 Å². The van der Waals surface area contributed by atoms with Crippen molar-refractivity contribution in [3.63, 3.8) is 0 Å². The fraction of sp³-hybridized carbons (Fsp3) is 0.280. The molecule has 0 spiro atoms. The first kappa shape index (κ1) is 25.5. The number of aryl methyl sites for hydroxylation is 2. The lowest BCUT2D eigenvalue weighted by Crippen LogP contribution is -2.35. The second kappa shape index (κ2) is 10.4. The number of halogens is 1. The van der Waals surface area contributed by atoms with Gasteiger partial charge in [-0.2, -0.15) is 8.42 Å². The number of hydrogen-bond acceptors (Lipinski definition) is 5. The zero-order chi connectivity index (χ0) is 25.0. The van der Waals surface area contributed by atoms with E-state index in [2.05, 4.69) is 4.98 Å². The Morgan fingerprint density at radius 1 is 1.12 bits per heavy atom. The zero-order valence-corrected chi connectivity index (χ0v) is 21.0. The van der Waals surface area contributed by atoms with Crippen LogP contribution in [0.25, 0.3) is 0 Å². The highest BCUT2D eigenvalue weighted by atomic mass is 35.5. The molecule has 1 N–H and O–H groups in total. The summed E-state index contributed by atoms with van der Waals surface area (Å²) in [5, 5.41) is 9.57. The van der Waals surface area contributed by atoms with Gasteiger partial charge in [-0.3, -0.25) is 4.31 Å². The highest BCUT2D eigenvalue weighted by Gasteiger charge is 2.30. The van der Waals surface area contributed by atoms with Gasteiger partial charge < -0.3 is 9.84 Å². The molecule has 0 amide bonds. The highest BCUT2D eigenvalue weighted by Crippen LogP contribution is 2.37. The van der Waals surface area contributed by atoms with E-state index in [0.29, 0.717) is 22.0 Å². The first-order valence-electron chi connectivity index (χ1n) is 10.7. The van der Waals surface area contributed by atoms with Crippen molar-refractivity contribution in [3.8, 4) is 5.75 Å². The maximum absolute atomic E-state index is 13.6. The number of benzene rings is 2. The van der Waals surface area contributed by atoms with Crippen molar-refractivity contribution in [2.75, 3.05) is 10.8 Å². The Hall–Kier alpha value is -3.10. The Labute approximate surface area is 205 Å². The van der Waals surface area contributed by atoms with Gasteiger partial charge in [0.2, 0.25) is 0 Å². The number of carboxylic acid groups (broad SMARTS) is 1. The molecular formula is C25H27ClN2O5S. The topological polar surface area (TPSA) is 96.8 Å². The van der Waals surface area contributed by atoms with Crippen LogP contribution in [0.1, 0.15) is 40.9 Å². The van der Waals surface area contributed by atoms with E-state index < -0.39 is 16.0 Å². The number of pyridine rings is 1. The van der Waals surface area contributed by atoms with E-state index in [1.165, 1.54) is 22.6 Å². The fourth-order valence-corrected chi connectivity index (χ4v) is 5.10. The van der Waals surface area contributed by atoms with Gasteiger partial charge in [-0.15, -0.1) is 0 Å². The van der Waals surface area contributed by atoms with Crippen molar-refractivity contribution in [2.45, 2.75) is 39.3 Å². The van der Waals surface area contributed by atoms with Crippen LogP contribution >= 0.6 is 11.6 Å². The molecule has 0 aliphatic carbocycles. The standard InChI is InChI=1S/C25H27ClN2O5S/c1-16(2)14-28(34(31,32)24-7-5-6-10-27-24)22-12-18(4)21(26)13-23(22)33-15-20-9-8-19(25(29)30)11-17(20)3/h5-13,16H,14-15H2,1-4H3,(H,29,30). The quantitative estimate of drug-likeness (QED) is 0.416. The average Bonchev–Trinajstić information content (AvgIpc) is 2.79. The smallest absolute Gasteiger partial charge is 0.335 e. The van der Waals surface area contributed by atoms with Crippen molar-refractivity contribution < 1.29 is 23.1 Å². The molecule has 3 aromatic rings. The van der Waals surface area contributed by atoms with Gasteiger partial charge in [0.1, 0.15) is 12.4 Å². The van der Waals surface area contributed by atoms with Crippen molar-refractivity contribution in [2.24, 2.45) is 5.92 Å². The predicted octanol–water partition coefficient (Wildman–Crippen LogP) is 5.48. The van der Waals surface area contributed by atoms with Crippen LogP contribution in [0.3, 0.4) is 0 Å². The normalized spacial score (nSPS) is 11.5. The van der Waals surface area contributed by atoms with Crippen LogP contribution in [0.4, 0.5) is 5.69 Å². The molecule has 1 aromatic heterocycles. The van der Waals surface area contributed by atoms with Gasteiger partial charge in [0, 0.05) is 23.8 Å². The molecule has 0 unspecified atom stereocenters. The minimum absolute atomic E-state index is 0.0214. The SMILES string of the molecule is Cc1cc(N(CC(C)C)S(=O)(=O)c2ccccn2)c(OCc2ccc(C(=O)O)cc2C)cc1Cl. The van der Waals surface area contributed by atoms with Gasteiger partial charge in [-0.1, -0.05) is 37.6 Å². The van der Waals surface area contributed by atoms with Crippen molar-refractivity contribution >= 4 is 33.3 Å². The van der Waals surface area contributed by atoms with Crippen LogP contribution < -0.4 is 9.04 Å². The van der Waals surface area contributed by atoms with E-state index in [4.69, 9.17) is 16.3 Å². The van der Waals surface area contributed by atoms with Gasteiger partial charge >= 0.3 is 5.97 Å². The Bertz CT molecular complexity index is 1290. The van der Waals surface area contributed by atoms with Crippen molar-refractivity contribution in [3.05, 3.63) is 82.0 Å². The van der Waals surface area contributed by atoms with Crippen LogP contribution in [-0.4, -0.2) is 31.0 Å². The zero-order valence-electron chi connectivity index (χ0n) is 19.4. The molecule has 2 aromatic carbocycles. The van der Waals surface area contributed by atoms with E-state index in [1.54, 1.807) is 50.2 Å². The molecule has 1 heterocycles. The maximum atomic E-state index is 13.6. The number of sulfonamides is 1. The van der Waals surface area contributed by atoms with E-state index in [9.17, 15) is 18.3 Å². The minimum atomic E-state index is -3.97. The summed E-state index contributed by atoms with van der Waals surface area (Å²) in [6, 6.07) is 12.8. The van der Waals surface area contributed by atoms with E-state index in [-0.39, 0.29) is 29.7 Å². The third-order valence-corrected chi connectivity index (χ3v) is 7.31. The summed E-state index contributed by atoms with van der Waals surface area (Å²) < 4.78 is 34.5. The van der Waals surface area contributed by atoms with Gasteiger partial charge in [-0.05, 0) is 66.8 Å². The van der Waals surface area contributed by atoms with Crippen LogP contribution in [-0.2, 0) is 16.6 Å². The molecule has 9 heteroatoms. The lowest BCUT2D eigenvalue weighted by atomic mass is 10.1. The van der Waals surface area contributed by atoms with Crippen LogP contribution in [0, 0.1) is 19.8 Å². The molecule has 3 rings (SSSR count). The van der Waals surface area contributed by atoms with Crippen LogP contribution in [0.2, 0.25) is 5.02 Å². The maximum Gasteiger partial charge on any atom is 0.335 e. The van der Waals surface area contributed by atoms with Crippen molar-refractivity contribution in [1.82, 2.24) is 4.98 Å². The number of rotatable bonds is 9. The molecule has 0 aliphatic heterocycles. The number of aromatic carboxylic acids is 1. The lowest BCUT2D eigenvalue weighted by molar-refractivity contribution is 0.0696. The molecule has 0 fully saturated rings. The van der Waals surface area contributed by atoms with E-state index >= 15 is 0 Å².